The van der Waals surface area contributed by atoms with E-state index in [1.807, 2.05) is 12.1 Å². The first-order chi connectivity index (χ1) is 16.8. The van der Waals surface area contributed by atoms with Crippen molar-refractivity contribution in [1.29, 1.82) is 0 Å². The van der Waals surface area contributed by atoms with E-state index in [4.69, 9.17) is 10.1 Å². The van der Waals surface area contributed by atoms with Crippen LogP contribution in [0, 0.1) is 23.7 Å². The van der Waals surface area contributed by atoms with Crippen molar-refractivity contribution in [3.8, 4) is 0 Å². The maximum Gasteiger partial charge on any atom is 0.303 e. The Bertz CT molecular complexity index is 981. The first kappa shape index (κ1) is 23.6. The summed E-state index contributed by atoms with van der Waals surface area (Å²) in [7, 11) is 0. The number of nitrogens with one attached hydrogen (secondary N) is 1. The Balaban J connectivity index is 1.21. The Hall–Kier alpha value is -1.80. The standard InChI is InChI=1S/C27H37N3O4S/c31-23(32)11-16-7-8-30(15-16)22-6-5-21(26(28-22)35-20-3-1-2-4-20)25(33)29-24-18-9-17-10-19(24)14-27(34,12-17)13-18/h5-6,16-20,24,34H,1-4,7-15H2,(H,29,33)(H,31,32)/t16-,17?,18?,19?,24?,27?/m0/s1. The number of carbonyl (C=O) groups excluding carboxylic acids is 1. The molecule has 3 N–H and O–H groups in total. The smallest absolute Gasteiger partial charge is 0.303 e. The average Bonchev–Trinajstić information content (AvgIpc) is 3.47. The lowest BCUT2D eigenvalue weighted by molar-refractivity contribution is -0.138. The van der Waals surface area contributed by atoms with Crippen molar-refractivity contribution in [3.05, 3.63) is 17.7 Å². The minimum absolute atomic E-state index is 0.0285. The van der Waals surface area contributed by atoms with Crippen LogP contribution in [0.2, 0.25) is 0 Å². The number of hydrogen-bond acceptors (Lipinski definition) is 6. The van der Waals surface area contributed by atoms with Gasteiger partial charge in [-0.25, -0.2) is 4.98 Å². The third kappa shape index (κ3) is 4.80. The van der Waals surface area contributed by atoms with E-state index in [2.05, 4.69) is 10.2 Å². The summed E-state index contributed by atoms with van der Waals surface area (Å²) in [5.74, 6) is 1.60. The van der Waals surface area contributed by atoms with Crippen molar-refractivity contribution in [2.75, 3.05) is 18.0 Å². The average molecular weight is 500 g/mol. The zero-order valence-corrected chi connectivity index (χ0v) is 21.1. The number of aliphatic carboxylic acids is 1. The van der Waals surface area contributed by atoms with Gasteiger partial charge >= 0.3 is 5.97 Å². The van der Waals surface area contributed by atoms with Crippen molar-refractivity contribution in [2.45, 2.75) is 92.5 Å². The molecule has 3 atom stereocenters. The van der Waals surface area contributed by atoms with Crippen LogP contribution in [-0.4, -0.2) is 57.1 Å². The molecular weight excluding hydrogens is 462 g/mol. The molecule has 6 aliphatic rings. The second kappa shape index (κ2) is 9.25. The second-order valence-electron chi connectivity index (χ2n) is 11.9. The zero-order chi connectivity index (χ0) is 24.2. The summed E-state index contributed by atoms with van der Waals surface area (Å²) in [4.78, 5) is 31.9. The number of anilines is 1. The van der Waals surface area contributed by atoms with Gasteiger partial charge in [0.15, 0.2) is 0 Å². The number of carboxylic acid groups (broad SMARTS) is 1. The lowest BCUT2D eigenvalue weighted by Gasteiger charge is -2.58. The van der Waals surface area contributed by atoms with Gasteiger partial charge in [-0.1, -0.05) is 12.8 Å². The maximum atomic E-state index is 13.6. The molecular formula is C27H37N3O4S. The number of hydrogen-bond donors (Lipinski definition) is 3. The lowest BCUT2D eigenvalue weighted by Crippen LogP contribution is -2.61. The van der Waals surface area contributed by atoms with Crippen LogP contribution in [0.4, 0.5) is 5.82 Å². The fraction of sp³-hybridized carbons (Fsp3) is 0.741. The Kier molecular flexibility index (Phi) is 6.24. The van der Waals surface area contributed by atoms with Crippen LogP contribution in [0.15, 0.2) is 17.2 Å². The quantitative estimate of drug-likeness (QED) is 0.519. The van der Waals surface area contributed by atoms with E-state index < -0.39 is 11.6 Å². The molecule has 8 heteroatoms. The highest BCUT2D eigenvalue weighted by Crippen LogP contribution is 2.55. The summed E-state index contributed by atoms with van der Waals surface area (Å²) >= 11 is 1.75. The fourth-order valence-corrected chi connectivity index (χ4v) is 9.25. The Morgan fingerprint density at radius 1 is 1.11 bits per heavy atom. The number of aliphatic hydroxyl groups is 1. The molecule has 190 valence electrons. The summed E-state index contributed by atoms with van der Waals surface area (Å²) in [6.07, 6.45) is 10.7. The maximum absolute atomic E-state index is 13.6. The molecule has 0 radical (unpaired) electrons. The predicted molar refractivity (Wildman–Crippen MR) is 135 cm³/mol. The molecule has 35 heavy (non-hydrogen) atoms. The monoisotopic (exact) mass is 499 g/mol. The third-order valence-corrected chi connectivity index (χ3v) is 10.6. The van der Waals surface area contributed by atoms with Crippen LogP contribution >= 0.6 is 11.8 Å². The van der Waals surface area contributed by atoms with Gasteiger partial charge in [0.05, 0.1) is 11.2 Å². The number of thioether (sulfide) groups is 1. The van der Waals surface area contributed by atoms with Crippen LogP contribution in [0.1, 0.15) is 81.0 Å². The summed E-state index contributed by atoms with van der Waals surface area (Å²) in [6.45, 7) is 1.51. The van der Waals surface area contributed by atoms with Crippen LogP contribution < -0.4 is 10.2 Å². The van der Waals surface area contributed by atoms with Gasteiger partial charge in [0.1, 0.15) is 10.8 Å². The number of pyridine rings is 1. The third-order valence-electron chi connectivity index (χ3n) is 9.28. The van der Waals surface area contributed by atoms with E-state index in [0.717, 1.165) is 68.8 Å². The predicted octanol–water partition coefficient (Wildman–Crippen LogP) is 4.09. The van der Waals surface area contributed by atoms with E-state index in [1.54, 1.807) is 11.8 Å². The molecule has 7 rings (SSSR count). The Morgan fingerprint density at radius 2 is 1.86 bits per heavy atom. The molecule has 0 spiro atoms. The molecule has 7 nitrogen and oxygen atoms in total. The van der Waals surface area contributed by atoms with Gasteiger partial charge in [0.2, 0.25) is 0 Å². The van der Waals surface area contributed by atoms with E-state index in [9.17, 15) is 14.7 Å². The number of carbonyl (C=O) groups is 2. The molecule has 0 aromatic carbocycles. The normalized spacial score (nSPS) is 36.1. The van der Waals surface area contributed by atoms with Gasteiger partial charge in [-0.3, -0.25) is 9.59 Å². The Labute approximate surface area is 211 Å². The first-order valence-electron chi connectivity index (χ1n) is 13.5. The number of carboxylic acids is 1. The molecule has 2 unspecified atom stereocenters. The highest BCUT2D eigenvalue weighted by atomic mass is 32.2. The van der Waals surface area contributed by atoms with Crippen molar-refractivity contribution in [1.82, 2.24) is 10.3 Å². The zero-order valence-electron chi connectivity index (χ0n) is 20.3. The minimum Gasteiger partial charge on any atom is -0.481 e. The van der Waals surface area contributed by atoms with Crippen LogP contribution in [-0.2, 0) is 4.79 Å². The molecule has 4 bridgehead atoms. The van der Waals surface area contributed by atoms with Gasteiger partial charge in [-0.2, -0.15) is 0 Å². The fourth-order valence-electron chi connectivity index (χ4n) is 7.93. The summed E-state index contributed by atoms with van der Waals surface area (Å²) in [5, 5.41) is 24.8. The molecule has 5 aliphatic carbocycles. The van der Waals surface area contributed by atoms with Crippen molar-refractivity contribution < 1.29 is 19.8 Å². The van der Waals surface area contributed by atoms with Gasteiger partial charge in [0, 0.05) is 30.8 Å². The van der Waals surface area contributed by atoms with Gasteiger partial charge in [-0.15, -0.1) is 11.8 Å². The highest BCUT2D eigenvalue weighted by Gasteiger charge is 2.55. The molecule has 1 aromatic rings. The number of nitrogens with zero attached hydrogens (tertiary/aromatic N) is 2. The SMILES string of the molecule is O=C(O)C[C@@H]1CCN(c2ccc(C(=O)NC3C4CC5CC3CC(O)(C5)C4)c(SC3CCCC3)n2)C1. The molecule has 2 heterocycles. The van der Waals surface area contributed by atoms with Gasteiger partial charge in [-0.05, 0) is 87.2 Å². The van der Waals surface area contributed by atoms with Crippen LogP contribution in [0.5, 0.6) is 0 Å². The largest absolute Gasteiger partial charge is 0.481 e. The van der Waals surface area contributed by atoms with Crippen molar-refractivity contribution in [3.63, 3.8) is 0 Å². The molecule has 1 amide bonds. The van der Waals surface area contributed by atoms with Crippen molar-refractivity contribution in [2.24, 2.45) is 23.7 Å². The van der Waals surface area contributed by atoms with E-state index in [1.165, 1.54) is 12.8 Å². The van der Waals surface area contributed by atoms with Gasteiger partial charge < -0.3 is 20.4 Å². The number of rotatable bonds is 7. The van der Waals surface area contributed by atoms with Crippen LogP contribution in [0.3, 0.4) is 0 Å². The minimum atomic E-state index is -0.744. The molecule has 1 aliphatic heterocycles. The lowest BCUT2D eigenvalue weighted by atomic mass is 9.52. The first-order valence-corrected chi connectivity index (χ1v) is 14.4. The van der Waals surface area contributed by atoms with Gasteiger partial charge in [0.25, 0.3) is 5.91 Å². The topological polar surface area (TPSA) is 103 Å². The molecule has 1 aromatic heterocycles. The van der Waals surface area contributed by atoms with E-state index in [-0.39, 0.29) is 24.3 Å². The molecule has 5 saturated carbocycles. The van der Waals surface area contributed by atoms with E-state index >= 15 is 0 Å². The summed E-state index contributed by atoms with van der Waals surface area (Å²) in [6, 6.07) is 4.03. The van der Waals surface area contributed by atoms with Crippen LogP contribution in [0.25, 0.3) is 0 Å². The number of amides is 1. The van der Waals surface area contributed by atoms with Crippen molar-refractivity contribution >= 4 is 29.5 Å². The summed E-state index contributed by atoms with van der Waals surface area (Å²) < 4.78 is 0. The summed E-state index contributed by atoms with van der Waals surface area (Å²) in [5.41, 5.74) is 0.165. The molecule has 1 saturated heterocycles. The molecule has 6 fully saturated rings. The second-order valence-corrected chi connectivity index (χ2v) is 13.2. The highest BCUT2D eigenvalue weighted by molar-refractivity contribution is 7.99. The van der Waals surface area contributed by atoms with E-state index in [0.29, 0.717) is 35.1 Å². The number of aromatic nitrogens is 1. The Morgan fingerprint density at radius 3 is 2.54 bits per heavy atom.